The van der Waals surface area contributed by atoms with Gasteiger partial charge < -0.3 is 15.9 Å². The Morgan fingerprint density at radius 1 is 1.47 bits per heavy atom. The van der Waals surface area contributed by atoms with Crippen molar-refractivity contribution in [2.24, 2.45) is 5.73 Å². The lowest BCUT2D eigenvalue weighted by Gasteiger charge is -2.14. The first-order valence-corrected chi connectivity index (χ1v) is 4.44. The maximum atomic E-state index is 13.2. The van der Waals surface area contributed by atoms with Gasteiger partial charge in [-0.3, -0.25) is 14.9 Å². The molecule has 0 aliphatic rings. The Hall–Kier alpha value is -2.06. The molecule has 1 aromatic rings. The van der Waals surface area contributed by atoms with Gasteiger partial charge in [-0.2, -0.15) is 4.39 Å². The summed E-state index contributed by atoms with van der Waals surface area (Å²) < 4.78 is 13.2. The topological polar surface area (TPSA) is 127 Å². The molecule has 92 valence electrons. The van der Waals surface area contributed by atoms with E-state index in [0.29, 0.717) is 6.07 Å². The lowest BCUT2D eigenvalue weighted by atomic mass is 10.0. The summed E-state index contributed by atoms with van der Waals surface area (Å²) in [7, 11) is 0. The van der Waals surface area contributed by atoms with Crippen LogP contribution in [0.15, 0.2) is 18.2 Å². The van der Waals surface area contributed by atoms with Gasteiger partial charge in [0, 0.05) is 6.07 Å². The molecule has 0 aliphatic carbocycles. The standard InChI is InChI=1S/C9H9FN2O5/c10-5-3-4(1-2-6(5)12(16)17)7(13)8(14)9(11)15/h1-3,7-8,13-14H,(H2,11,15). The number of nitrogens with zero attached hydrogens (tertiary/aromatic N) is 1. The van der Waals surface area contributed by atoms with Crippen LogP contribution in [0.25, 0.3) is 0 Å². The quantitative estimate of drug-likeness (QED) is 0.491. The van der Waals surface area contributed by atoms with Crippen molar-refractivity contribution >= 4 is 11.6 Å². The minimum Gasteiger partial charge on any atom is -0.385 e. The number of carbonyl (C=O) groups is 1. The van der Waals surface area contributed by atoms with Crippen LogP contribution in [0.1, 0.15) is 11.7 Å². The van der Waals surface area contributed by atoms with E-state index >= 15 is 0 Å². The highest BCUT2D eigenvalue weighted by molar-refractivity contribution is 5.79. The highest BCUT2D eigenvalue weighted by Gasteiger charge is 2.25. The largest absolute Gasteiger partial charge is 0.385 e. The van der Waals surface area contributed by atoms with Crippen molar-refractivity contribution in [1.82, 2.24) is 0 Å². The number of aliphatic hydroxyl groups excluding tert-OH is 2. The molecule has 0 aliphatic heterocycles. The van der Waals surface area contributed by atoms with Crippen LogP contribution >= 0.6 is 0 Å². The zero-order valence-corrected chi connectivity index (χ0v) is 8.41. The molecule has 0 spiro atoms. The minimum absolute atomic E-state index is 0.181. The van der Waals surface area contributed by atoms with Crippen LogP contribution in [0, 0.1) is 15.9 Å². The van der Waals surface area contributed by atoms with Crippen LogP contribution in [0.3, 0.4) is 0 Å². The molecule has 4 N–H and O–H groups in total. The maximum absolute atomic E-state index is 13.2. The fraction of sp³-hybridized carbons (Fsp3) is 0.222. The average molecular weight is 244 g/mol. The Bertz CT molecular complexity index is 465. The Morgan fingerprint density at radius 3 is 2.47 bits per heavy atom. The number of nitro groups is 1. The predicted octanol–water partition coefficient (Wildman–Crippen LogP) is -0.386. The third-order valence-corrected chi connectivity index (χ3v) is 2.10. The van der Waals surface area contributed by atoms with Gasteiger partial charge in [-0.1, -0.05) is 0 Å². The summed E-state index contributed by atoms with van der Waals surface area (Å²) in [5, 5.41) is 28.9. The summed E-state index contributed by atoms with van der Waals surface area (Å²) in [5.41, 5.74) is 3.79. The van der Waals surface area contributed by atoms with Crippen molar-refractivity contribution in [2.75, 3.05) is 0 Å². The predicted molar refractivity (Wildman–Crippen MR) is 53.2 cm³/mol. The molecular weight excluding hydrogens is 235 g/mol. The number of nitro benzene ring substituents is 1. The molecule has 2 atom stereocenters. The Morgan fingerprint density at radius 2 is 2.06 bits per heavy atom. The molecule has 0 radical (unpaired) electrons. The molecule has 0 saturated heterocycles. The minimum atomic E-state index is -1.91. The van der Waals surface area contributed by atoms with Crippen molar-refractivity contribution < 1.29 is 24.3 Å². The second-order valence-electron chi connectivity index (χ2n) is 3.26. The first kappa shape index (κ1) is 13.0. The van der Waals surface area contributed by atoms with Gasteiger partial charge in [0.15, 0.2) is 6.10 Å². The number of aliphatic hydroxyl groups is 2. The van der Waals surface area contributed by atoms with Crippen LogP contribution in [0.2, 0.25) is 0 Å². The van der Waals surface area contributed by atoms with Crippen molar-refractivity contribution in [3.63, 3.8) is 0 Å². The molecule has 1 rings (SSSR count). The van der Waals surface area contributed by atoms with E-state index in [0.717, 1.165) is 12.1 Å². The second kappa shape index (κ2) is 4.85. The van der Waals surface area contributed by atoms with Crippen LogP contribution in [0.4, 0.5) is 10.1 Å². The van der Waals surface area contributed by atoms with Crippen LogP contribution in [-0.2, 0) is 4.79 Å². The summed E-state index contributed by atoms with van der Waals surface area (Å²) >= 11 is 0. The lowest BCUT2D eigenvalue weighted by molar-refractivity contribution is -0.387. The molecule has 1 amide bonds. The molecule has 2 unspecified atom stereocenters. The summed E-state index contributed by atoms with van der Waals surface area (Å²) in [4.78, 5) is 20.0. The number of carbonyl (C=O) groups excluding carboxylic acids is 1. The highest BCUT2D eigenvalue weighted by Crippen LogP contribution is 2.23. The Balaban J connectivity index is 3.05. The number of halogens is 1. The second-order valence-corrected chi connectivity index (χ2v) is 3.26. The fourth-order valence-corrected chi connectivity index (χ4v) is 1.19. The van der Waals surface area contributed by atoms with Crippen LogP contribution in [-0.4, -0.2) is 27.1 Å². The Labute approximate surface area is 94.4 Å². The van der Waals surface area contributed by atoms with E-state index < -0.39 is 34.5 Å². The molecule has 0 aromatic heterocycles. The molecule has 17 heavy (non-hydrogen) atoms. The summed E-state index contributed by atoms with van der Waals surface area (Å²) in [6.45, 7) is 0. The van der Waals surface area contributed by atoms with Gasteiger partial charge >= 0.3 is 5.69 Å². The number of hydrogen-bond donors (Lipinski definition) is 3. The number of rotatable bonds is 4. The first-order valence-electron chi connectivity index (χ1n) is 4.44. The molecular formula is C9H9FN2O5. The number of amides is 1. The number of nitrogens with two attached hydrogens (primary N) is 1. The molecule has 8 heteroatoms. The summed E-state index contributed by atoms with van der Waals surface area (Å²) in [6.07, 6.45) is -3.64. The first-order chi connectivity index (χ1) is 7.84. The van der Waals surface area contributed by atoms with Crippen molar-refractivity contribution in [1.29, 1.82) is 0 Å². The highest BCUT2D eigenvalue weighted by atomic mass is 19.1. The zero-order chi connectivity index (χ0) is 13.2. The fourth-order valence-electron chi connectivity index (χ4n) is 1.19. The van der Waals surface area contributed by atoms with Gasteiger partial charge in [0.1, 0.15) is 6.10 Å². The van der Waals surface area contributed by atoms with E-state index in [1.54, 1.807) is 0 Å². The van der Waals surface area contributed by atoms with Gasteiger partial charge in [0.05, 0.1) is 4.92 Å². The molecule has 0 saturated carbocycles. The molecule has 0 heterocycles. The van der Waals surface area contributed by atoms with E-state index in [4.69, 9.17) is 10.8 Å². The average Bonchev–Trinajstić information content (AvgIpc) is 2.26. The van der Waals surface area contributed by atoms with E-state index in [1.807, 2.05) is 0 Å². The third kappa shape index (κ3) is 2.74. The van der Waals surface area contributed by atoms with E-state index in [1.165, 1.54) is 0 Å². The van der Waals surface area contributed by atoms with E-state index in [2.05, 4.69) is 0 Å². The van der Waals surface area contributed by atoms with E-state index in [9.17, 15) is 24.4 Å². The zero-order valence-electron chi connectivity index (χ0n) is 8.41. The SMILES string of the molecule is NC(=O)C(O)C(O)c1ccc([N+](=O)[O-])c(F)c1. The number of hydrogen-bond acceptors (Lipinski definition) is 5. The van der Waals surface area contributed by atoms with Gasteiger partial charge in [0.2, 0.25) is 11.7 Å². The molecule has 0 bridgehead atoms. The van der Waals surface area contributed by atoms with Crippen molar-refractivity contribution in [2.45, 2.75) is 12.2 Å². The van der Waals surface area contributed by atoms with Crippen molar-refractivity contribution in [3.8, 4) is 0 Å². The number of benzene rings is 1. The third-order valence-electron chi connectivity index (χ3n) is 2.10. The van der Waals surface area contributed by atoms with Gasteiger partial charge in [-0.15, -0.1) is 0 Å². The van der Waals surface area contributed by atoms with Gasteiger partial charge in [0.25, 0.3) is 0 Å². The van der Waals surface area contributed by atoms with E-state index in [-0.39, 0.29) is 5.56 Å². The monoisotopic (exact) mass is 244 g/mol. The Kier molecular flexibility index (Phi) is 3.71. The number of primary amides is 1. The molecule has 7 nitrogen and oxygen atoms in total. The van der Waals surface area contributed by atoms with Crippen LogP contribution < -0.4 is 5.73 Å². The van der Waals surface area contributed by atoms with Crippen LogP contribution in [0.5, 0.6) is 0 Å². The summed E-state index contributed by atoms with van der Waals surface area (Å²) in [6, 6.07) is 2.51. The van der Waals surface area contributed by atoms with Crippen molar-refractivity contribution in [3.05, 3.63) is 39.7 Å². The maximum Gasteiger partial charge on any atom is 0.304 e. The smallest absolute Gasteiger partial charge is 0.304 e. The van der Waals surface area contributed by atoms with Gasteiger partial charge in [-0.25, -0.2) is 0 Å². The summed E-state index contributed by atoms with van der Waals surface area (Å²) in [5.74, 6) is -2.36. The molecule has 0 fully saturated rings. The lowest BCUT2D eigenvalue weighted by Crippen LogP contribution is -2.33. The van der Waals surface area contributed by atoms with Gasteiger partial charge in [-0.05, 0) is 17.7 Å². The molecule has 1 aromatic carbocycles. The normalized spacial score (nSPS) is 14.1.